The minimum atomic E-state index is -3.57. The van der Waals surface area contributed by atoms with Crippen LogP contribution in [0.3, 0.4) is 0 Å². The van der Waals surface area contributed by atoms with Gasteiger partial charge < -0.3 is 9.47 Å². The van der Waals surface area contributed by atoms with E-state index >= 15 is 0 Å². The highest BCUT2D eigenvalue weighted by Crippen LogP contribution is 2.39. The Morgan fingerprint density at radius 3 is 2.47 bits per heavy atom. The zero-order chi connectivity index (χ0) is 22.7. The number of nitrogens with zero attached hydrogens (tertiary/aromatic N) is 2. The van der Waals surface area contributed by atoms with E-state index < -0.39 is 16.1 Å². The number of sulfonamides is 1. The topological polar surface area (TPSA) is 76.2 Å². The van der Waals surface area contributed by atoms with E-state index in [1.54, 1.807) is 24.1 Å². The molecule has 0 saturated carbocycles. The molecule has 0 N–H and O–H groups in total. The second-order valence-corrected chi connectivity index (χ2v) is 10.2. The average Bonchev–Trinajstić information content (AvgIpc) is 2.82. The summed E-state index contributed by atoms with van der Waals surface area (Å²) < 4.78 is 38.7. The summed E-state index contributed by atoms with van der Waals surface area (Å²) in [5, 5.41) is 0. The van der Waals surface area contributed by atoms with Gasteiger partial charge in [-0.2, -0.15) is 4.31 Å². The number of fused-ring (bicyclic) bond motifs is 1. The van der Waals surface area contributed by atoms with Crippen molar-refractivity contribution in [2.75, 3.05) is 25.1 Å². The van der Waals surface area contributed by atoms with Crippen LogP contribution in [0.15, 0.2) is 47.4 Å². The fourth-order valence-corrected chi connectivity index (χ4v) is 5.92. The van der Waals surface area contributed by atoms with Gasteiger partial charge in [0.25, 0.3) is 0 Å². The highest BCUT2D eigenvalue weighted by Gasteiger charge is 2.38. The normalized spacial score (nSPS) is 17.7. The van der Waals surface area contributed by atoms with E-state index in [1.165, 1.54) is 4.31 Å². The van der Waals surface area contributed by atoms with E-state index in [0.29, 0.717) is 36.6 Å². The molecular formula is C24H30N2O5S. The van der Waals surface area contributed by atoms with Crippen molar-refractivity contribution in [2.45, 2.75) is 56.6 Å². The monoisotopic (exact) mass is 458 g/mol. The van der Waals surface area contributed by atoms with Crippen molar-refractivity contribution >= 4 is 21.8 Å². The molecule has 0 spiro atoms. The molecule has 1 saturated heterocycles. The molecule has 32 heavy (non-hydrogen) atoms. The molecule has 0 aliphatic carbocycles. The van der Waals surface area contributed by atoms with Gasteiger partial charge >= 0.3 is 6.09 Å². The Labute approximate surface area is 190 Å². The molecule has 2 aliphatic rings. The van der Waals surface area contributed by atoms with E-state index in [1.807, 2.05) is 30.3 Å². The molecule has 8 heteroatoms. The second kappa shape index (κ2) is 9.50. The predicted molar refractivity (Wildman–Crippen MR) is 122 cm³/mol. The Morgan fingerprint density at radius 2 is 1.81 bits per heavy atom. The number of methoxy groups -OCH3 is 1. The first kappa shape index (κ1) is 22.6. The summed E-state index contributed by atoms with van der Waals surface area (Å²) in [5.41, 5.74) is 2.78. The number of cyclic esters (lactones) is 1. The van der Waals surface area contributed by atoms with Crippen LogP contribution in [-0.4, -0.2) is 45.1 Å². The van der Waals surface area contributed by atoms with Gasteiger partial charge in [-0.15, -0.1) is 0 Å². The molecule has 1 amide bonds. The summed E-state index contributed by atoms with van der Waals surface area (Å²) in [6, 6.07) is 12.7. The zero-order valence-corrected chi connectivity index (χ0v) is 19.4. The van der Waals surface area contributed by atoms with Gasteiger partial charge in [0.05, 0.1) is 17.7 Å². The third-order valence-corrected chi connectivity index (χ3v) is 8.17. The molecule has 0 unspecified atom stereocenters. The number of ether oxygens (including phenoxy) is 2. The van der Waals surface area contributed by atoms with E-state index in [9.17, 15) is 13.2 Å². The molecule has 0 aromatic heterocycles. The van der Waals surface area contributed by atoms with E-state index in [4.69, 9.17) is 9.47 Å². The Kier molecular flexibility index (Phi) is 6.71. The highest BCUT2D eigenvalue weighted by atomic mass is 32.2. The molecule has 2 aromatic rings. The maximum atomic E-state index is 13.2. The lowest BCUT2D eigenvalue weighted by Crippen LogP contribution is -2.50. The number of aryl methyl sites for hydroxylation is 1. The number of piperidine rings is 1. The molecule has 172 valence electrons. The Bertz CT molecular complexity index is 1050. The minimum Gasteiger partial charge on any atom is -0.495 e. The van der Waals surface area contributed by atoms with Gasteiger partial charge in [-0.3, -0.25) is 4.90 Å². The molecule has 0 radical (unpaired) electrons. The van der Waals surface area contributed by atoms with Gasteiger partial charge in [0.1, 0.15) is 12.4 Å². The molecular weight excluding hydrogens is 428 g/mol. The highest BCUT2D eigenvalue weighted by molar-refractivity contribution is 7.89. The van der Waals surface area contributed by atoms with Crippen LogP contribution in [0, 0.1) is 0 Å². The number of carbonyl (C=O) groups excluding carboxylic acids is 1. The van der Waals surface area contributed by atoms with Crippen LogP contribution in [0.4, 0.5) is 10.5 Å². The molecule has 2 heterocycles. The summed E-state index contributed by atoms with van der Waals surface area (Å²) in [7, 11) is -1.99. The minimum absolute atomic E-state index is 0.152. The van der Waals surface area contributed by atoms with E-state index in [2.05, 4.69) is 6.92 Å². The lowest BCUT2D eigenvalue weighted by atomic mass is 10.0. The van der Waals surface area contributed by atoms with Crippen LogP contribution in [0.25, 0.3) is 0 Å². The molecule has 2 aliphatic heterocycles. The molecule has 4 rings (SSSR count). The Balaban J connectivity index is 1.48. The van der Waals surface area contributed by atoms with Gasteiger partial charge in [0.15, 0.2) is 0 Å². The van der Waals surface area contributed by atoms with Crippen molar-refractivity contribution in [3.05, 3.63) is 53.6 Å². The summed E-state index contributed by atoms with van der Waals surface area (Å²) in [5.74, 6) is 0.623. The molecule has 0 bridgehead atoms. The quantitative estimate of drug-likeness (QED) is 0.617. The Morgan fingerprint density at radius 1 is 1.09 bits per heavy atom. The van der Waals surface area contributed by atoms with Gasteiger partial charge in [-0.25, -0.2) is 13.2 Å². The van der Waals surface area contributed by atoms with Crippen LogP contribution in [-0.2, 0) is 27.8 Å². The van der Waals surface area contributed by atoms with Crippen LogP contribution in [0.2, 0.25) is 0 Å². The zero-order valence-electron chi connectivity index (χ0n) is 18.6. The number of para-hydroxylation sites is 1. The van der Waals surface area contributed by atoms with Crippen LogP contribution >= 0.6 is 0 Å². The molecule has 0 atom stereocenters. The third kappa shape index (κ3) is 4.34. The predicted octanol–water partition coefficient (Wildman–Crippen LogP) is 4.35. The molecule has 7 nitrogen and oxygen atoms in total. The largest absolute Gasteiger partial charge is 0.495 e. The van der Waals surface area contributed by atoms with Crippen molar-refractivity contribution in [3.63, 3.8) is 0 Å². The van der Waals surface area contributed by atoms with Crippen LogP contribution < -0.4 is 9.64 Å². The van der Waals surface area contributed by atoms with Gasteiger partial charge in [0.2, 0.25) is 10.0 Å². The second-order valence-electron chi connectivity index (χ2n) is 8.28. The fourth-order valence-electron chi connectivity index (χ4n) is 4.45. The van der Waals surface area contributed by atoms with Crippen LogP contribution in [0.5, 0.6) is 5.75 Å². The first-order chi connectivity index (χ1) is 15.5. The summed E-state index contributed by atoms with van der Waals surface area (Å²) in [4.78, 5) is 14.6. The van der Waals surface area contributed by atoms with Crippen molar-refractivity contribution < 1.29 is 22.7 Å². The lowest BCUT2D eigenvalue weighted by Gasteiger charge is -2.40. The van der Waals surface area contributed by atoms with Gasteiger partial charge in [0, 0.05) is 24.7 Å². The standard InChI is InChI=1S/C24H30N2O5S/c1-3-4-6-18-9-11-21(12-10-18)32(28,29)25-15-13-20(14-16-25)26-23-19(17-31-24(26)27)7-5-8-22(23)30-2/h5,7-12,20H,3-4,6,13-17H2,1-2H3. The molecule has 1 fully saturated rings. The number of anilines is 1. The van der Waals surface area contributed by atoms with Gasteiger partial charge in [-0.05, 0) is 49.4 Å². The summed E-state index contributed by atoms with van der Waals surface area (Å²) in [6.45, 7) is 3.04. The number of carbonyl (C=O) groups is 1. The van der Waals surface area contributed by atoms with Crippen molar-refractivity contribution in [2.24, 2.45) is 0 Å². The van der Waals surface area contributed by atoms with E-state index in [0.717, 1.165) is 36.1 Å². The lowest BCUT2D eigenvalue weighted by molar-refractivity contribution is 0.135. The van der Waals surface area contributed by atoms with Gasteiger partial charge in [-0.1, -0.05) is 37.6 Å². The maximum Gasteiger partial charge on any atom is 0.415 e. The average molecular weight is 459 g/mol. The number of benzene rings is 2. The van der Waals surface area contributed by atoms with Crippen LogP contribution in [0.1, 0.15) is 43.7 Å². The number of hydrogen-bond acceptors (Lipinski definition) is 5. The molecule has 2 aromatic carbocycles. The number of amides is 1. The smallest absolute Gasteiger partial charge is 0.415 e. The number of rotatable bonds is 7. The van der Waals surface area contributed by atoms with Crippen molar-refractivity contribution in [3.8, 4) is 5.75 Å². The summed E-state index contributed by atoms with van der Waals surface area (Å²) >= 11 is 0. The SMILES string of the molecule is CCCCc1ccc(S(=O)(=O)N2CCC(N3C(=O)OCc4cccc(OC)c43)CC2)cc1. The first-order valence-electron chi connectivity index (χ1n) is 11.2. The van der Waals surface area contributed by atoms with E-state index in [-0.39, 0.29) is 12.6 Å². The third-order valence-electron chi connectivity index (χ3n) is 6.26. The van der Waals surface area contributed by atoms with Crippen molar-refractivity contribution in [1.29, 1.82) is 0 Å². The first-order valence-corrected chi connectivity index (χ1v) is 12.6. The Hall–Kier alpha value is -2.58. The van der Waals surface area contributed by atoms with Crippen molar-refractivity contribution in [1.82, 2.24) is 4.31 Å². The fraction of sp³-hybridized carbons (Fsp3) is 0.458. The number of unbranched alkanes of at least 4 members (excludes halogenated alkanes) is 1. The maximum absolute atomic E-state index is 13.2. The summed E-state index contributed by atoms with van der Waals surface area (Å²) in [6.07, 6.45) is 3.80. The number of hydrogen-bond donors (Lipinski definition) is 0.